The topological polar surface area (TPSA) is 35.5 Å². The van der Waals surface area contributed by atoms with E-state index in [4.69, 9.17) is 5.11 Å². The molecule has 2 N–H and O–H groups in total. The highest BCUT2D eigenvalue weighted by Gasteiger charge is 2.47. The molecule has 0 spiro atoms. The van der Waals surface area contributed by atoms with E-state index in [2.05, 4.69) is 17.3 Å². The number of aliphatic hydroxyl groups is 1. The molecule has 0 aliphatic carbocycles. The molecule has 2 saturated heterocycles. The van der Waals surface area contributed by atoms with Gasteiger partial charge in [-0.1, -0.05) is 0 Å². The first kappa shape index (κ1) is 6.58. The van der Waals surface area contributed by atoms with Gasteiger partial charge in [0, 0.05) is 19.1 Å². The van der Waals surface area contributed by atoms with Gasteiger partial charge in [-0.3, -0.25) is 0 Å². The summed E-state index contributed by atoms with van der Waals surface area (Å²) in [5.74, 6) is 0. The summed E-state index contributed by atoms with van der Waals surface area (Å²) in [7, 11) is 2.13. The van der Waals surface area contributed by atoms with Crippen LogP contribution in [0.4, 0.5) is 0 Å². The van der Waals surface area contributed by atoms with Crippen molar-refractivity contribution < 1.29 is 5.11 Å². The first-order valence-electron chi connectivity index (χ1n) is 3.82. The molecule has 0 aromatic heterocycles. The van der Waals surface area contributed by atoms with Crippen LogP contribution in [0.15, 0.2) is 0 Å². The third-order valence-electron chi connectivity index (χ3n) is 2.82. The average molecular weight is 142 g/mol. The molecular formula is C7H14N2O. The van der Waals surface area contributed by atoms with Gasteiger partial charge in [0.25, 0.3) is 0 Å². The molecule has 2 unspecified atom stereocenters. The Morgan fingerprint density at radius 3 is 2.90 bits per heavy atom. The third kappa shape index (κ3) is 0.713. The fraction of sp³-hybridized carbons (Fsp3) is 1.00. The van der Waals surface area contributed by atoms with Crippen molar-refractivity contribution in [3.05, 3.63) is 0 Å². The van der Waals surface area contributed by atoms with E-state index in [9.17, 15) is 0 Å². The van der Waals surface area contributed by atoms with Gasteiger partial charge in [0.1, 0.15) is 0 Å². The molecule has 3 heteroatoms. The second-order valence-electron chi connectivity index (χ2n) is 3.59. The lowest BCUT2D eigenvalue weighted by molar-refractivity contribution is 0.155. The van der Waals surface area contributed by atoms with E-state index in [0.29, 0.717) is 6.04 Å². The van der Waals surface area contributed by atoms with Crippen LogP contribution in [0.2, 0.25) is 0 Å². The molecule has 2 fully saturated rings. The quantitative estimate of drug-likeness (QED) is 0.494. The summed E-state index contributed by atoms with van der Waals surface area (Å²) < 4.78 is 0. The summed E-state index contributed by atoms with van der Waals surface area (Å²) in [4.78, 5) is 2.33. The maximum Gasteiger partial charge on any atom is 0.0626 e. The molecule has 0 radical (unpaired) electrons. The zero-order valence-corrected chi connectivity index (χ0v) is 6.30. The van der Waals surface area contributed by atoms with Crippen LogP contribution >= 0.6 is 0 Å². The molecule has 58 valence electrons. The van der Waals surface area contributed by atoms with Crippen LogP contribution in [-0.2, 0) is 0 Å². The standard InChI is InChI=1S/C7H14N2O/c1-9-4-7(5-10)2-6(9)3-8-7/h6,8,10H,2-5H2,1H3. The molecule has 0 amide bonds. The molecular weight excluding hydrogens is 128 g/mol. The van der Waals surface area contributed by atoms with Crippen LogP contribution in [0.3, 0.4) is 0 Å². The van der Waals surface area contributed by atoms with Crippen molar-refractivity contribution in [1.82, 2.24) is 10.2 Å². The number of likely N-dealkylation sites (N-methyl/N-ethyl adjacent to an activating group) is 1. The fourth-order valence-corrected chi connectivity index (χ4v) is 2.14. The first-order chi connectivity index (χ1) is 4.76. The monoisotopic (exact) mass is 142 g/mol. The first-order valence-corrected chi connectivity index (χ1v) is 3.82. The Morgan fingerprint density at radius 1 is 1.80 bits per heavy atom. The number of rotatable bonds is 1. The van der Waals surface area contributed by atoms with Gasteiger partial charge in [0.2, 0.25) is 0 Å². The van der Waals surface area contributed by atoms with E-state index in [-0.39, 0.29) is 12.1 Å². The molecule has 3 nitrogen and oxygen atoms in total. The van der Waals surface area contributed by atoms with Crippen molar-refractivity contribution in [2.45, 2.75) is 18.0 Å². The predicted octanol–water partition coefficient (Wildman–Crippen LogP) is -0.975. The van der Waals surface area contributed by atoms with Crippen LogP contribution in [0, 0.1) is 0 Å². The molecule has 0 aromatic carbocycles. The van der Waals surface area contributed by atoms with E-state index in [1.165, 1.54) is 0 Å². The number of piperazine rings is 1. The number of hydrogen-bond donors (Lipinski definition) is 2. The fourth-order valence-electron chi connectivity index (χ4n) is 2.14. The molecule has 10 heavy (non-hydrogen) atoms. The minimum atomic E-state index is 0.0550. The van der Waals surface area contributed by atoms with Gasteiger partial charge < -0.3 is 15.3 Å². The average Bonchev–Trinajstić information content (AvgIpc) is 2.45. The number of nitrogens with zero attached hydrogens (tertiary/aromatic N) is 1. The largest absolute Gasteiger partial charge is 0.394 e. The van der Waals surface area contributed by atoms with Gasteiger partial charge >= 0.3 is 0 Å². The maximum absolute atomic E-state index is 9.07. The second kappa shape index (κ2) is 1.94. The van der Waals surface area contributed by atoms with Crippen LogP contribution < -0.4 is 5.32 Å². The molecule has 2 heterocycles. The van der Waals surface area contributed by atoms with E-state index < -0.39 is 0 Å². The maximum atomic E-state index is 9.07. The Hall–Kier alpha value is -0.120. The van der Waals surface area contributed by atoms with Crippen molar-refractivity contribution in [3.63, 3.8) is 0 Å². The van der Waals surface area contributed by atoms with E-state index in [1.807, 2.05) is 0 Å². The molecule has 2 rings (SSSR count). The van der Waals surface area contributed by atoms with Gasteiger partial charge in [-0.15, -0.1) is 0 Å². The summed E-state index contributed by atoms with van der Waals surface area (Å²) in [6, 6.07) is 0.673. The van der Waals surface area contributed by atoms with Gasteiger partial charge in [-0.25, -0.2) is 0 Å². The third-order valence-corrected chi connectivity index (χ3v) is 2.82. The lowest BCUT2D eigenvalue weighted by Gasteiger charge is -2.29. The Labute approximate surface area is 61.0 Å². The second-order valence-corrected chi connectivity index (χ2v) is 3.59. The summed E-state index contributed by atoms with van der Waals surface area (Å²) in [6.45, 7) is 2.35. The normalized spacial score (nSPS) is 46.8. The SMILES string of the molecule is CN1CC2(CO)CC1CN2. The van der Waals surface area contributed by atoms with Crippen LogP contribution in [0.5, 0.6) is 0 Å². The molecule has 0 saturated carbocycles. The summed E-state index contributed by atoms with van der Waals surface area (Å²) >= 11 is 0. The molecule has 2 aliphatic rings. The van der Waals surface area contributed by atoms with Crippen molar-refractivity contribution in [2.24, 2.45) is 0 Å². The smallest absolute Gasteiger partial charge is 0.0626 e. The number of nitrogens with one attached hydrogen (secondary N) is 1. The Bertz CT molecular complexity index is 147. The van der Waals surface area contributed by atoms with Gasteiger partial charge in [-0.05, 0) is 13.5 Å². The molecule has 2 bridgehead atoms. The van der Waals surface area contributed by atoms with Crippen molar-refractivity contribution >= 4 is 0 Å². The molecule has 2 atom stereocenters. The molecule has 0 aromatic rings. The van der Waals surface area contributed by atoms with E-state index in [0.717, 1.165) is 19.5 Å². The summed E-state index contributed by atoms with van der Waals surface area (Å²) in [5, 5.41) is 12.4. The van der Waals surface area contributed by atoms with Crippen LogP contribution in [0.1, 0.15) is 6.42 Å². The van der Waals surface area contributed by atoms with Crippen molar-refractivity contribution in [3.8, 4) is 0 Å². The van der Waals surface area contributed by atoms with E-state index in [1.54, 1.807) is 0 Å². The van der Waals surface area contributed by atoms with Crippen molar-refractivity contribution in [1.29, 1.82) is 0 Å². The van der Waals surface area contributed by atoms with Crippen molar-refractivity contribution in [2.75, 3.05) is 26.7 Å². The van der Waals surface area contributed by atoms with Crippen LogP contribution in [-0.4, -0.2) is 48.3 Å². The lowest BCUT2D eigenvalue weighted by atomic mass is 10.0. The Morgan fingerprint density at radius 2 is 2.60 bits per heavy atom. The van der Waals surface area contributed by atoms with Crippen LogP contribution in [0.25, 0.3) is 0 Å². The number of hydrogen-bond acceptors (Lipinski definition) is 3. The Kier molecular flexibility index (Phi) is 1.27. The highest BCUT2D eigenvalue weighted by molar-refractivity contribution is 5.07. The van der Waals surface area contributed by atoms with Gasteiger partial charge in [0.15, 0.2) is 0 Å². The summed E-state index contributed by atoms with van der Waals surface area (Å²) in [6.07, 6.45) is 1.12. The zero-order valence-electron chi connectivity index (χ0n) is 6.30. The minimum absolute atomic E-state index is 0.0550. The number of likely N-dealkylation sites (tertiary alicyclic amines) is 1. The highest BCUT2D eigenvalue weighted by atomic mass is 16.3. The summed E-state index contributed by atoms with van der Waals surface area (Å²) in [5.41, 5.74) is 0.0550. The van der Waals surface area contributed by atoms with E-state index >= 15 is 0 Å². The number of aliphatic hydroxyl groups excluding tert-OH is 1. The minimum Gasteiger partial charge on any atom is -0.394 e. The molecule has 2 aliphatic heterocycles. The highest BCUT2D eigenvalue weighted by Crippen LogP contribution is 2.30. The zero-order chi connectivity index (χ0) is 7.19. The predicted molar refractivity (Wildman–Crippen MR) is 38.9 cm³/mol. The number of fused-ring (bicyclic) bond motifs is 2. The lowest BCUT2D eigenvalue weighted by Crippen LogP contribution is -2.52. The Balaban J connectivity index is 2.14. The van der Waals surface area contributed by atoms with Gasteiger partial charge in [-0.2, -0.15) is 0 Å². The van der Waals surface area contributed by atoms with Gasteiger partial charge in [0.05, 0.1) is 12.1 Å².